The Hall–Kier alpha value is -1.81. The molecule has 0 bridgehead atoms. The number of hydrogen-bond acceptors (Lipinski definition) is 5. The summed E-state index contributed by atoms with van der Waals surface area (Å²) in [6.45, 7) is 8.67. The van der Waals surface area contributed by atoms with E-state index in [1.54, 1.807) is 14.2 Å². The molecule has 29 heavy (non-hydrogen) atoms. The molecule has 2 N–H and O–H groups in total. The highest BCUT2D eigenvalue weighted by molar-refractivity contribution is 14.0. The summed E-state index contributed by atoms with van der Waals surface area (Å²) in [4.78, 5) is 4.30. The average Bonchev–Trinajstić information content (AvgIpc) is 3.01. The molecule has 0 unspecified atom stereocenters. The molecule has 0 saturated carbocycles. The van der Waals surface area contributed by atoms with E-state index in [-0.39, 0.29) is 24.0 Å². The van der Waals surface area contributed by atoms with Crippen LogP contribution in [0.4, 0.5) is 0 Å². The molecule has 0 atom stereocenters. The van der Waals surface area contributed by atoms with Crippen molar-refractivity contribution in [1.29, 1.82) is 0 Å². The van der Waals surface area contributed by atoms with Crippen LogP contribution in [-0.4, -0.2) is 45.0 Å². The zero-order valence-electron chi connectivity index (χ0n) is 18.0. The minimum Gasteiger partial charge on any atom is -0.493 e. The van der Waals surface area contributed by atoms with Crippen LogP contribution in [0.2, 0.25) is 0 Å². The number of rotatable bonds is 10. The lowest BCUT2D eigenvalue weighted by Gasteiger charge is -2.15. The van der Waals surface area contributed by atoms with Gasteiger partial charge in [0.15, 0.2) is 5.96 Å². The van der Waals surface area contributed by atoms with Crippen LogP contribution >= 0.6 is 24.0 Å². The van der Waals surface area contributed by atoms with E-state index in [0.29, 0.717) is 19.8 Å². The Balaban J connectivity index is 0.00000420. The maximum Gasteiger partial charge on any atom is 0.191 e. The fourth-order valence-electron chi connectivity index (χ4n) is 2.89. The summed E-state index contributed by atoms with van der Waals surface area (Å²) in [5, 5.41) is 10.7. The van der Waals surface area contributed by atoms with Crippen LogP contribution in [0.1, 0.15) is 34.6 Å². The minimum absolute atomic E-state index is 0. The van der Waals surface area contributed by atoms with Crippen LogP contribution < -0.4 is 15.4 Å². The van der Waals surface area contributed by atoms with E-state index in [1.807, 2.05) is 13.8 Å². The van der Waals surface area contributed by atoms with Crippen LogP contribution in [-0.2, 0) is 17.7 Å². The maximum atomic E-state index is 5.94. The van der Waals surface area contributed by atoms with Gasteiger partial charge in [-0.05, 0) is 38.8 Å². The normalized spacial score (nSPS) is 11.1. The van der Waals surface area contributed by atoms with Crippen molar-refractivity contribution >= 4 is 29.9 Å². The predicted octanol–water partition coefficient (Wildman–Crippen LogP) is 3.54. The van der Waals surface area contributed by atoms with Crippen molar-refractivity contribution in [3.05, 3.63) is 46.3 Å². The molecule has 7 nitrogen and oxygen atoms in total. The molecule has 2 aromatic rings. The zero-order valence-corrected chi connectivity index (χ0v) is 20.3. The first kappa shape index (κ1) is 25.2. The Bertz CT molecular complexity index is 758. The number of nitrogens with one attached hydrogen (secondary N) is 2. The molecule has 0 spiro atoms. The Labute approximate surface area is 190 Å². The summed E-state index contributed by atoms with van der Waals surface area (Å²) in [5.74, 6) is 2.52. The smallest absolute Gasteiger partial charge is 0.191 e. The highest BCUT2D eigenvalue weighted by Crippen LogP contribution is 2.20. The molecule has 1 aromatic carbocycles. The molecule has 0 amide bonds. The third kappa shape index (κ3) is 8.22. The molecular formula is C21H33IN4O3. The standard InChI is InChI=1S/C21H32N4O3.HI/c1-15-7-8-18(20(13-15)27-12-6-11-26-5)14-24-21(22-4)23-10-9-19-16(2)25-28-17(19)3;/h7-8,13H,6,9-12,14H2,1-5H3,(H2,22,23,24);1H. The van der Waals surface area contributed by atoms with Crippen LogP contribution in [0.15, 0.2) is 27.7 Å². The van der Waals surface area contributed by atoms with Gasteiger partial charge in [-0.25, -0.2) is 0 Å². The van der Waals surface area contributed by atoms with Crippen LogP contribution in [0.3, 0.4) is 0 Å². The van der Waals surface area contributed by atoms with Gasteiger partial charge in [0, 0.05) is 51.4 Å². The topological polar surface area (TPSA) is 80.9 Å². The van der Waals surface area contributed by atoms with Gasteiger partial charge in [-0.2, -0.15) is 0 Å². The van der Waals surface area contributed by atoms with Gasteiger partial charge in [0.25, 0.3) is 0 Å². The predicted molar refractivity (Wildman–Crippen MR) is 126 cm³/mol. The lowest BCUT2D eigenvalue weighted by Crippen LogP contribution is -2.38. The van der Waals surface area contributed by atoms with Crippen LogP contribution in [0, 0.1) is 20.8 Å². The molecule has 0 radical (unpaired) electrons. The number of methoxy groups -OCH3 is 1. The SMILES string of the molecule is CN=C(NCCc1c(C)noc1C)NCc1ccc(C)cc1OCCCOC.I. The summed E-state index contributed by atoms with van der Waals surface area (Å²) in [5.41, 5.74) is 4.36. The van der Waals surface area contributed by atoms with E-state index in [4.69, 9.17) is 14.0 Å². The summed E-state index contributed by atoms with van der Waals surface area (Å²) in [7, 11) is 3.47. The van der Waals surface area contributed by atoms with E-state index in [0.717, 1.165) is 53.7 Å². The maximum absolute atomic E-state index is 5.94. The fourth-order valence-corrected chi connectivity index (χ4v) is 2.89. The number of aryl methyl sites for hydroxylation is 3. The third-order valence-electron chi connectivity index (χ3n) is 4.49. The van der Waals surface area contributed by atoms with Crippen molar-refractivity contribution in [1.82, 2.24) is 15.8 Å². The number of aliphatic imine (C=N–C) groups is 1. The van der Waals surface area contributed by atoms with Gasteiger partial charge in [0.05, 0.1) is 12.3 Å². The highest BCUT2D eigenvalue weighted by atomic mass is 127. The number of halogens is 1. The Morgan fingerprint density at radius 1 is 1.17 bits per heavy atom. The van der Waals surface area contributed by atoms with Gasteiger partial charge in [-0.15, -0.1) is 24.0 Å². The molecule has 1 aromatic heterocycles. The van der Waals surface area contributed by atoms with Gasteiger partial charge >= 0.3 is 0 Å². The zero-order chi connectivity index (χ0) is 20.4. The molecule has 0 aliphatic heterocycles. The van der Waals surface area contributed by atoms with Crippen molar-refractivity contribution in [2.45, 2.75) is 40.2 Å². The Morgan fingerprint density at radius 2 is 1.97 bits per heavy atom. The first-order valence-corrected chi connectivity index (χ1v) is 9.62. The monoisotopic (exact) mass is 516 g/mol. The first-order chi connectivity index (χ1) is 13.5. The van der Waals surface area contributed by atoms with E-state index < -0.39 is 0 Å². The first-order valence-electron chi connectivity index (χ1n) is 9.62. The molecule has 8 heteroatoms. The number of guanidine groups is 1. The Morgan fingerprint density at radius 3 is 2.62 bits per heavy atom. The molecular weight excluding hydrogens is 483 g/mol. The lowest BCUT2D eigenvalue weighted by atomic mass is 10.1. The van der Waals surface area contributed by atoms with E-state index in [1.165, 1.54) is 5.56 Å². The van der Waals surface area contributed by atoms with E-state index >= 15 is 0 Å². The third-order valence-corrected chi connectivity index (χ3v) is 4.49. The molecule has 1 heterocycles. The van der Waals surface area contributed by atoms with Gasteiger partial charge in [0.1, 0.15) is 11.5 Å². The second-order valence-corrected chi connectivity index (χ2v) is 6.71. The molecule has 0 aliphatic rings. The van der Waals surface area contributed by atoms with Crippen molar-refractivity contribution in [3.8, 4) is 5.75 Å². The molecule has 0 aliphatic carbocycles. The molecule has 2 rings (SSSR count). The fraction of sp³-hybridized carbons (Fsp3) is 0.524. The van der Waals surface area contributed by atoms with Gasteiger partial charge in [-0.3, -0.25) is 4.99 Å². The average molecular weight is 516 g/mol. The quantitative estimate of drug-likeness (QED) is 0.218. The summed E-state index contributed by atoms with van der Waals surface area (Å²) >= 11 is 0. The molecule has 162 valence electrons. The van der Waals surface area contributed by atoms with E-state index in [9.17, 15) is 0 Å². The van der Waals surface area contributed by atoms with Crippen molar-refractivity contribution < 1.29 is 14.0 Å². The summed E-state index contributed by atoms with van der Waals surface area (Å²) in [6, 6.07) is 6.25. The highest BCUT2D eigenvalue weighted by Gasteiger charge is 2.09. The van der Waals surface area contributed by atoms with E-state index in [2.05, 4.69) is 45.9 Å². The Kier molecular flexibility index (Phi) is 11.7. The van der Waals surface area contributed by atoms with Crippen molar-refractivity contribution in [3.63, 3.8) is 0 Å². The van der Waals surface area contributed by atoms with Gasteiger partial charge in [0.2, 0.25) is 0 Å². The number of aromatic nitrogens is 1. The largest absolute Gasteiger partial charge is 0.493 e. The second-order valence-electron chi connectivity index (χ2n) is 6.71. The second kappa shape index (κ2) is 13.4. The number of benzene rings is 1. The molecule has 0 fully saturated rings. The van der Waals surface area contributed by atoms with Crippen LogP contribution in [0.5, 0.6) is 5.75 Å². The number of nitrogens with zero attached hydrogens (tertiary/aromatic N) is 2. The van der Waals surface area contributed by atoms with Crippen molar-refractivity contribution in [2.24, 2.45) is 4.99 Å². The minimum atomic E-state index is 0. The summed E-state index contributed by atoms with van der Waals surface area (Å²) < 4.78 is 16.2. The lowest BCUT2D eigenvalue weighted by molar-refractivity contribution is 0.171. The van der Waals surface area contributed by atoms with Crippen molar-refractivity contribution in [2.75, 3.05) is 33.9 Å². The summed E-state index contributed by atoms with van der Waals surface area (Å²) in [6.07, 6.45) is 1.70. The molecule has 0 saturated heterocycles. The number of ether oxygens (including phenoxy) is 2. The number of hydrogen-bond donors (Lipinski definition) is 2. The van der Waals surface area contributed by atoms with Gasteiger partial charge in [-0.1, -0.05) is 17.3 Å². The van der Waals surface area contributed by atoms with Crippen LogP contribution in [0.25, 0.3) is 0 Å². The van der Waals surface area contributed by atoms with Gasteiger partial charge < -0.3 is 24.6 Å².